The van der Waals surface area contributed by atoms with E-state index in [2.05, 4.69) is 21.2 Å². The highest BCUT2D eigenvalue weighted by atomic mass is 16.5. The molecule has 0 spiro atoms. The van der Waals surface area contributed by atoms with Crippen LogP contribution >= 0.6 is 0 Å². The van der Waals surface area contributed by atoms with E-state index in [1.807, 2.05) is 41.3 Å². The van der Waals surface area contributed by atoms with E-state index in [0.717, 1.165) is 69.2 Å². The molecule has 2 aliphatic heterocycles. The summed E-state index contributed by atoms with van der Waals surface area (Å²) in [5.74, 6) is 0.783. The first kappa shape index (κ1) is 21.0. The molecule has 7 heteroatoms. The molecule has 2 aromatic carbocycles. The highest BCUT2D eigenvalue weighted by molar-refractivity contribution is 6.02. The van der Waals surface area contributed by atoms with Crippen LogP contribution in [0.2, 0.25) is 0 Å². The summed E-state index contributed by atoms with van der Waals surface area (Å²) >= 11 is 0. The minimum atomic E-state index is -0.141. The molecule has 0 aliphatic carbocycles. The van der Waals surface area contributed by atoms with Crippen LogP contribution in [0.1, 0.15) is 30.1 Å². The third-order valence-corrected chi connectivity index (χ3v) is 5.99. The summed E-state index contributed by atoms with van der Waals surface area (Å²) in [7, 11) is 1.70. The van der Waals surface area contributed by atoms with Crippen LogP contribution in [-0.2, 0) is 4.79 Å². The average molecular weight is 423 g/mol. The molecule has 2 amide bonds. The molecule has 0 saturated carbocycles. The number of hydrogen-bond donors (Lipinski definition) is 1. The van der Waals surface area contributed by atoms with Gasteiger partial charge in [0.2, 0.25) is 5.91 Å². The van der Waals surface area contributed by atoms with Gasteiger partial charge in [-0.15, -0.1) is 0 Å². The second-order valence-corrected chi connectivity index (χ2v) is 8.06. The predicted octanol–water partition coefficient (Wildman–Crippen LogP) is 3.22. The molecule has 7 nitrogen and oxygen atoms in total. The Kier molecular flexibility index (Phi) is 6.30. The van der Waals surface area contributed by atoms with Gasteiger partial charge in [-0.25, -0.2) is 0 Å². The van der Waals surface area contributed by atoms with Crippen molar-refractivity contribution in [1.82, 2.24) is 4.90 Å². The van der Waals surface area contributed by atoms with E-state index in [4.69, 9.17) is 4.74 Å². The number of nitrogens with one attached hydrogen (secondary N) is 1. The molecule has 0 radical (unpaired) electrons. The normalized spacial score (nSPS) is 16.4. The number of methoxy groups -OCH3 is 1. The Hall–Kier alpha value is -3.22. The van der Waals surface area contributed by atoms with Crippen molar-refractivity contribution < 1.29 is 14.3 Å². The van der Waals surface area contributed by atoms with Gasteiger partial charge < -0.3 is 24.8 Å². The molecule has 0 unspecified atom stereocenters. The van der Waals surface area contributed by atoms with E-state index in [9.17, 15) is 9.59 Å². The van der Waals surface area contributed by atoms with Gasteiger partial charge in [-0.3, -0.25) is 9.59 Å². The lowest BCUT2D eigenvalue weighted by Gasteiger charge is -2.38. The van der Waals surface area contributed by atoms with E-state index >= 15 is 0 Å². The molecule has 1 N–H and O–H groups in total. The Morgan fingerprint density at radius 3 is 2.16 bits per heavy atom. The summed E-state index contributed by atoms with van der Waals surface area (Å²) in [5.41, 5.74) is 3.36. The predicted molar refractivity (Wildman–Crippen MR) is 123 cm³/mol. The van der Waals surface area contributed by atoms with Crippen molar-refractivity contribution in [3.63, 3.8) is 0 Å². The molecule has 0 aromatic heterocycles. The van der Waals surface area contributed by atoms with Crippen molar-refractivity contribution in [2.24, 2.45) is 0 Å². The second-order valence-electron chi connectivity index (χ2n) is 8.06. The molecule has 4 rings (SSSR count). The quantitative estimate of drug-likeness (QED) is 0.802. The number of carbonyl (C=O) groups is 2. The zero-order valence-corrected chi connectivity index (χ0v) is 18.3. The lowest BCUT2D eigenvalue weighted by atomic mass is 10.1. The van der Waals surface area contributed by atoms with Gasteiger partial charge in [0.15, 0.2) is 0 Å². The number of carbonyl (C=O) groups excluding carboxylic acids is 2. The molecule has 2 aliphatic rings. The molecule has 0 atom stereocenters. The number of anilines is 3. The van der Waals surface area contributed by atoms with Crippen LogP contribution in [0.3, 0.4) is 0 Å². The molecule has 0 bridgehead atoms. The van der Waals surface area contributed by atoms with Gasteiger partial charge >= 0.3 is 0 Å². The summed E-state index contributed by atoms with van der Waals surface area (Å²) in [5, 5.41) is 2.81. The van der Waals surface area contributed by atoms with E-state index in [1.165, 1.54) is 6.92 Å². The summed E-state index contributed by atoms with van der Waals surface area (Å²) in [4.78, 5) is 31.3. The molecule has 2 heterocycles. The maximum absolute atomic E-state index is 13.3. The average Bonchev–Trinajstić information content (AvgIpc) is 3.33. The van der Waals surface area contributed by atoms with Crippen LogP contribution in [0.15, 0.2) is 42.5 Å². The smallest absolute Gasteiger partial charge is 0.256 e. The highest BCUT2D eigenvalue weighted by Crippen LogP contribution is 2.31. The Balaban J connectivity index is 1.56. The Labute approximate surface area is 183 Å². The van der Waals surface area contributed by atoms with Crippen molar-refractivity contribution in [2.75, 3.05) is 61.5 Å². The van der Waals surface area contributed by atoms with E-state index in [-0.39, 0.29) is 11.8 Å². The van der Waals surface area contributed by atoms with Crippen LogP contribution < -0.4 is 19.9 Å². The zero-order valence-electron chi connectivity index (χ0n) is 18.3. The lowest BCUT2D eigenvalue weighted by molar-refractivity contribution is -0.114. The topological polar surface area (TPSA) is 65.1 Å². The fourth-order valence-corrected chi connectivity index (χ4v) is 4.43. The highest BCUT2D eigenvalue weighted by Gasteiger charge is 2.27. The summed E-state index contributed by atoms with van der Waals surface area (Å²) in [6.07, 6.45) is 2.09. The number of likely N-dealkylation sites (tertiary alicyclic amines) is 1. The van der Waals surface area contributed by atoms with Gasteiger partial charge in [-0.1, -0.05) is 12.1 Å². The van der Waals surface area contributed by atoms with Crippen LogP contribution in [0.5, 0.6) is 5.75 Å². The van der Waals surface area contributed by atoms with Crippen LogP contribution in [0.4, 0.5) is 17.1 Å². The Bertz CT molecular complexity index is 948. The fraction of sp³-hybridized carbons (Fsp3) is 0.417. The SMILES string of the molecule is COc1ccccc1N1CCN(c2ccc(NC(C)=O)cc2C(=O)N2CCCC2)CC1. The van der Waals surface area contributed by atoms with Crippen molar-refractivity contribution in [2.45, 2.75) is 19.8 Å². The molecule has 2 aromatic rings. The standard InChI is InChI=1S/C24H30N4O3/c1-18(29)25-19-9-10-21(20(17-19)24(30)28-11-5-6-12-28)26-13-15-27(16-14-26)22-7-3-4-8-23(22)31-2/h3-4,7-10,17H,5-6,11-16H2,1-2H3,(H,25,29). The van der Waals surface area contributed by atoms with Gasteiger partial charge in [0.05, 0.1) is 18.4 Å². The van der Waals surface area contributed by atoms with Gasteiger partial charge in [0, 0.05) is 57.6 Å². The van der Waals surface area contributed by atoms with Crippen molar-refractivity contribution in [3.8, 4) is 5.75 Å². The van der Waals surface area contributed by atoms with Gasteiger partial charge in [0.1, 0.15) is 5.75 Å². The Morgan fingerprint density at radius 1 is 0.871 bits per heavy atom. The monoisotopic (exact) mass is 422 g/mol. The molecular weight excluding hydrogens is 392 g/mol. The summed E-state index contributed by atoms with van der Waals surface area (Å²) < 4.78 is 5.52. The van der Waals surface area contributed by atoms with Crippen molar-refractivity contribution in [1.29, 1.82) is 0 Å². The largest absolute Gasteiger partial charge is 0.495 e. The van der Waals surface area contributed by atoms with E-state index in [1.54, 1.807) is 7.11 Å². The number of hydrogen-bond acceptors (Lipinski definition) is 5. The summed E-state index contributed by atoms with van der Waals surface area (Å²) in [6, 6.07) is 13.7. The first-order valence-electron chi connectivity index (χ1n) is 10.9. The number of piperazine rings is 1. The summed E-state index contributed by atoms with van der Waals surface area (Å²) in [6.45, 7) is 6.35. The maximum atomic E-state index is 13.3. The number of rotatable bonds is 5. The number of para-hydroxylation sites is 2. The van der Waals surface area contributed by atoms with Crippen LogP contribution in [-0.4, -0.2) is 63.1 Å². The molecule has 2 fully saturated rings. The molecular formula is C24H30N4O3. The zero-order chi connectivity index (χ0) is 21.8. The maximum Gasteiger partial charge on any atom is 0.256 e. The third kappa shape index (κ3) is 4.60. The minimum Gasteiger partial charge on any atom is -0.495 e. The number of benzene rings is 2. The second kappa shape index (κ2) is 9.29. The molecule has 31 heavy (non-hydrogen) atoms. The van der Waals surface area contributed by atoms with Crippen molar-refractivity contribution >= 4 is 28.9 Å². The van der Waals surface area contributed by atoms with Crippen LogP contribution in [0, 0.1) is 0 Å². The fourth-order valence-electron chi connectivity index (χ4n) is 4.43. The van der Waals surface area contributed by atoms with E-state index < -0.39 is 0 Å². The van der Waals surface area contributed by atoms with E-state index in [0.29, 0.717) is 11.3 Å². The van der Waals surface area contributed by atoms with Crippen molar-refractivity contribution in [3.05, 3.63) is 48.0 Å². The molecule has 164 valence electrons. The van der Waals surface area contributed by atoms with Crippen LogP contribution in [0.25, 0.3) is 0 Å². The minimum absolute atomic E-state index is 0.0480. The number of ether oxygens (including phenoxy) is 1. The first-order chi connectivity index (χ1) is 15.1. The lowest BCUT2D eigenvalue weighted by Crippen LogP contribution is -2.47. The third-order valence-electron chi connectivity index (χ3n) is 5.99. The first-order valence-corrected chi connectivity index (χ1v) is 10.9. The Morgan fingerprint density at radius 2 is 1.52 bits per heavy atom. The number of nitrogens with zero attached hydrogens (tertiary/aromatic N) is 3. The van der Waals surface area contributed by atoms with Gasteiger partial charge in [-0.2, -0.15) is 0 Å². The van der Waals surface area contributed by atoms with Gasteiger partial charge in [-0.05, 0) is 43.2 Å². The number of amides is 2. The molecule has 2 saturated heterocycles. The van der Waals surface area contributed by atoms with Gasteiger partial charge in [0.25, 0.3) is 5.91 Å².